The predicted octanol–water partition coefficient (Wildman–Crippen LogP) is 4.05. The molecule has 4 nitrogen and oxygen atoms in total. The Labute approximate surface area is 160 Å². The lowest BCUT2D eigenvalue weighted by Gasteiger charge is -2.39. The van der Waals surface area contributed by atoms with Crippen LogP contribution in [-0.4, -0.2) is 25.2 Å². The molecule has 2 fully saturated rings. The Hall–Kier alpha value is -2.33. The van der Waals surface area contributed by atoms with E-state index in [-0.39, 0.29) is 24.2 Å². The topological polar surface area (TPSA) is 47.6 Å². The van der Waals surface area contributed by atoms with Crippen LogP contribution in [0.5, 0.6) is 5.75 Å². The van der Waals surface area contributed by atoms with Crippen LogP contribution in [0.3, 0.4) is 0 Å². The molecule has 142 valence electrons. The molecule has 1 aliphatic carbocycles. The molecule has 0 unspecified atom stereocenters. The third-order valence-corrected chi connectivity index (χ3v) is 5.85. The van der Waals surface area contributed by atoms with Gasteiger partial charge in [0.05, 0.1) is 25.7 Å². The Bertz CT molecular complexity index is 776. The lowest BCUT2D eigenvalue weighted by atomic mass is 9.86. The summed E-state index contributed by atoms with van der Waals surface area (Å²) >= 11 is 0. The van der Waals surface area contributed by atoms with E-state index in [1.165, 1.54) is 6.42 Å². The van der Waals surface area contributed by atoms with Crippen molar-refractivity contribution in [2.75, 3.05) is 7.11 Å². The number of methoxy groups -OCH3 is 1. The number of carbonyl (C=O) groups is 1. The van der Waals surface area contributed by atoms with Gasteiger partial charge in [-0.25, -0.2) is 0 Å². The van der Waals surface area contributed by atoms with E-state index in [1.807, 2.05) is 48.5 Å². The van der Waals surface area contributed by atoms with Gasteiger partial charge in [0, 0.05) is 12.0 Å². The molecule has 0 radical (unpaired) electrons. The summed E-state index contributed by atoms with van der Waals surface area (Å²) in [7, 11) is 1.68. The molecule has 0 aromatic heterocycles. The molecule has 1 heterocycles. The summed E-state index contributed by atoms with van der Waals surface area (Å²) in [4.78, 5) is 12.6. The maximum Gasteiger partial charge on any atom is 0.224 e. The normalized spacial score (nSPS) is 27.0. The van der Waals surface area contributed by atoms with Gasteiger partial charge in [-0.15, -0.1) is 0 Å². The Kier molecular flexibility index (Phi) is 5.44. The summed E-state index contributed by atoms with van der Waals surface area (Å²) < 4.78 is 11.8. The van der Waals surface area contributed by atoms with E-state index >= 15 is 0 Å². The van der Waals surface area contributed by atoms with Crippen LogP contribution in [0.25, 0.3) is 0 Å². The van der Waals surface area contributed by atoms with Crippen molar-refractivity contribution in [3.05, 3.63) is 65.7 Å². The SMILES string of the molecule is COc1cccc([C@H]2C[C@@H](NC(=O)Cc3ccccc3)[C@@H]3CCC[C@H]3O2)c1. The largest absolute Gasteiger partial charge is 0.497 e. The first-order valence-corrected chi connectivity index (χ1v) is 9.85. The van der Waals surface area contributed by atoms with Crippen LogP contribution in [0, 0.1) is 5.92 Å². The van der Waals surface area contributed by atoms with Gasteiger partial charge in [0.25, 0.3) is 0 Å². The van der Waals surface area contributed by atoms with Crippen LogP contribution in [-0.2, 0) is 16.0 Å². The minimum absolute atomic E-state index is 0.00137. The molecule has 1 saturated carbocycles. The summed E-state index contributed by atoms with van der Waals surface area (Å²) in [6.45, 7) is 0. The quantitative estimate of drug-likeness (QED) is 0.869. The molecular formula is C23H27NO3. The van der Waals surface area contributed by atoms with E-state index < -0.39 is 0 Å². The highest BCUT2D eigenvalue weighted by Gasteiger charge is 2.42. The van der Waals surface area contributed by atoms with Crippen LogP contribution in [0.4, 0.5) is 0 Å². The van der Waals surface area contributed by atoms with Gasteiger partial charge < -0.3 is 14.8 Å². The van der Waals surface area contributed by atoms with E-state index in [2.05, 4.69) is 11.4 Å². The molecule has 27 heavy (non-hydrogen) atoms. The Morgan fingerprint density at radius 3 is 2.81 bits per heavy atom. The number of amides is 1. The number of hydrogen-bond acceptors (Lipinski definition) is 3. The second-order valence-corrected chi connectivity index (χ2v) is 7.61. The van der Waals surface area contributed by atoms with E-state index in [0.29, 0.717) is 12.3 Å². The van der Waals surface area contributed by atoms with Crippen molar-refractivity contribution >= 4 is 5.91 Å². The highest BCUT2D eigenvalue weighted by atomic mass is 16.5. The van der Waals surface area contributed by atoms with Gasteiger partial charge in [0.2, 0.25) is 5.91 Å². The lowest BCUT2D eigenvalue weighted by Crippen LogP contribution is -2.48. The summed E-state index contributed by atoms with van der Waals surface area (Å²) in [5.41, 5.74) is 2.18. The van der Waals surface area contributed by atoms with Gasteiger partial charge in [-0.1, -0.05) is 48.9 Å². The predicted molar refractivity (Wildman–Crippen MR) is 105 cm³/mol. The molecule has 1 N–H and O–H groups in total. The van der Waals surface area contributed by atoms with Crippen LogP contribution in [0.15, 0.2) is 54.6 Å². The average Bonchev–Trinajstić information content (AvgIpc) is 3.18. The van der Waals surface area contributed by atoms with Crippen molar-refractivity contribution in [1.82, 2.24) is 5.32 Å². The molecule has 4 heteroatoms. The van der Waals surface area contributed by atoms with Gasteiger partial charge in [0.15, 0.2) is 0 Å². The van der Waals surface area contributed by atoms with Gasteiger partial charge in [-0.3, -0.25) is 4.79 Å². The number of ether oxygens (including phenoxy) is 2. The number of nitrogens with one attached hydrogen (secondary N) is 1. The molecule has 4 atom stereocenters. The molecule has 2 aromatic carbocycles. The third kappa shape index (κ3) is 4.16. The van der Waals surface area contributed by atoms with Crippen molar-refractivity contribution in [3.8, 4) is 5.75 Å². The fourth-order valence-electron chi connectivity index (χ4n) is 4.52. The molecule has 1 amide bonds. The second-order valence-electron chi connectivity index (χ2n) is 7.61. The first-order valence-electron chi connectivity index (χ1n) is 9.85. The van der Waals surface area contributed by atoms with E-state index in [4.69, 9.17) is 9.47 Å². The average molecular weight is 365 g/mol. The molecule has 2 aliphatic rings. The zero-order valence-corrected chi connectivity index (χ0v) is 15.8. The summed E-state index contributed by atoms with van der Waals surface area (Å²) in [6.07, 6.45) is 4.86. The lowest BCUT2D eigenvalue weighted by molar-refractivity contribution is -0.126. The smallest absolute Gasteiger partial charge is 0.224 e. The molecule has 1 saturated heterocycles. The molecule has 0 bridgehead atoms. The van der Waals surface area contributed by atoms with Crippen LogP contribution in [0.2, 0.25) is 0 Å². The number of benzene rings is 2. The minimum Gasteiger partial charge on any atom is -0.497 e. The number of fused-ring (bicyclic) bond motifs is 1. The van der Waals surface area contributed by atoms with E-state index in [0.717, 1.165) is 36.1 Å². The maximum absolute atomic E-state index is 12.6. The maximum atomic E-state index is 12.6. The van der Waals surface area contributed by atoms with Gasteiger partial charge in [-0.2, -0.15) is 0 Å². The van der Waals surface area contributed by atoms with Crippen molar-refractivity contribution in [3.63, 3.8) is 0 Å². The Morgan fingerprint density at radius 1 is 1.15 bits per heavy atom. The van der Waals surface area contributed by atoms with Gasteiger partial charge in [0.1, 0.15) is 5.75 Å². The Morgan fingerprint density at radius 2 is 2.00 bits per heavy atom. The van der Waals surface area contributed by atoms with E-state index in [9.17, 15) is 4.79 Å². The van der Waals surface area contributed by atoms with Crippen LogP contribution >= 0.6 is 0 Å². The highest BCUT2D eigenvalue weighted by molar-refractivity contribution is 5.78. The summed E-state index contributed by atoms with van der Waals surface area (Å²) in [5, 5.41) is 3.32. The first kappa shape index (κ1) is 18.1. The summed E-state index contributed by atoms with van der Waals surface area (Å²) in [6, 6.07) is 18.2. The van der Waals surface area contributed by atoms with E-state index in [1.54, 1.807) is 7.11 Å². The van der Waals surface area contributed by atoms with Crippen molar-refractivity contribution in [2.24, 2.45) is 5.92 Å². The number of carbonyl (C=O) groups excluding carboxylic acids is 1. The molecule has 1 aliphatic heterocycles. The fraction of sp³-hybridized carbons (Fsp3) is 0.435. The highest BCUT2D eigenvalue weighted by Crippen LogP contribution is 2.43. The van der Waals surface area contributed by atoms with Crippen LogP contribution in [0.1, 0.15) is 42.9 Å². The standard InChI is InChI=1S/C23H27NO3/c1-26-18-10-5-9-17(14-18)22-15-20(19-11-6-12-21(19)27-22)24-23(25)13-16-7-3-2-4-8-16/h2-5,7-10,14,19-22H,6,11-13,15H2,1H3,(H,24,25)/t19-,20+,21+,22+/m0/s1. The zero-order chi connectivity index (χ0) is 18.6. The van der Waals surface area contributed by atoms with Gasteiger partial charge >= 0.3 is 0 Å². The second kappa shape index (κ2) is 8.13. The summed E-state index contributed by atoms with van der Waals surface area (Å²) in [5.74, 6) is 1.36. The molecule has 4 rings (SSSR count). The fourth-order valence-corrected chi connectivity index (χ4v) is 4.52. The Balaban J connectivity index is 1.47. The zero-order valence-electron chi connectivity index (χ0n) is 15.8. The minimum atomic E-state index is 0.00137. The number of hydrogen-bond donors (Lipinski definition) is 1. The van der Waals surface area contributed by atoms with Crippen molar-refractivity contribution in [2.45, 2.75) is 50.4 Å². The molecular weight excluding hydrogens is 338 g/mol. The monoisotopic (exact) mass is 365 g/mol. The van der Waals surface area contributed by atoms with Crippen molar-refractivity contribution in [1.29, 1.82) is 0 Å². The number of rotatable bonds is 5. The molecule has 0 spiro atoms. The van der Waals surface area contributed by atoms with Gasteiger partial charge in [-0.05, 0) is 42.5 Å². The van der Waals surface area contributed by atoms with Crippen molar-refractivity contribution < 1.29 is 14.3 Å². The van der Waals surface area contributed by atoms with Crippen LogP contribution < -0.4 is 10.1 Å². The third-order valence-electron chi connectivity index (χ3n) is 5.85. The molecule has 2 aromatic rings. The first-order chi connectivity index (χ1) is 13.2.